The van der Waals surface area contributed by atoms with Crippen molar-refractivity contribution in [3.8, 4) is 9.75 Å². The van der Waals surface area contributed by atoms with Crippen molar-refractivity contribution in [1.29, 1.82) is 0 Å². The van der Waals surface area contributed by atoms with Crippen molar-refractivity contribution < 1.29 is 8.42 Å². The molecule has 0 N–H and O–H groups in total. The summed E-state index contributed by atoms with van der Waals surface area (Å²) in [6.45, 7) is 6.85. The molecule has 0 saturated heterocycles. The second-order valence-electron chi connectivity index (χ2n) is 7.51. The molecule has 1 aliphatic rings. The molecule has 0 radical (unpaired) electrons. The average Bonchev–Trinajstić information content (AvgIpc) is 3.31. The summed E-state index contributed by atoms with van der Waals surface area (Å²) < 4.78 is 31.6. The van der Waals surface area contributed by atoms with Gasteiger partial charge < -0.3 is 0 Å². The fourth-order valence-corrected chi connectivity index (χ4v) is 28.2. The quantitative estimate of drug-likeness (QED) is 0.281. The number of rotatable bonds is 10. The van der Waals surface area contributed by atoms with E-state index in [0.29, 0.717) is 9.79 Å². The third kappa shape index (κ3) is 3.70. The van der Waals surface area contributed by atoms with Gasteiger partial charge in [0.05, 0.1) is 0 Å². The van der Waals surface area contributed by atoms with Crippen LogP contribution < -0.4 is 2.89 Å². The van der Waals surface area contributed by atoms with Gasteiger partial charge in [0, 0.05) is 0 Å². The molecule has 3 rings (SSSR count). The Hall–Kier alpha value is 0.149. The summed E-state index contributed by atoms with van der Waals surface area (Å²) in [5.74, 6) is 0. The zero-order chi connectivity index (χ0) is 18.8. The first-order valence-corrected chi connectivity index (χ1v) is 20.6. The zero-order valence-corrected chi connectivity index (χ0v) is 21.4. The van der Waals surface area contributed by atoms with Crippen LogP contribution in [0.2, 0.25) is 13.3 Å². The Bertz CT molecular complexity index is 827. The summed E-state index contributed by atoms with van der Waals surface area (Å²) in [6, 6.07) is 3.92. The van der Waals surface area contributed by atoms with E-state index in [1.54, 1.807) is 17.4 Å². The third-order valence-corrected chi connectivity index (χ3v) is 28.2. The van der Waals surface area contributed by atoms with E-state index in [4.69, 9.17) is 0 Å². The summed E-state index contributed by atoms with van der Waals surface area (Å²) >= 11 is 0.896. The van der Waals surface area contributed by atoms with Crippen LogP contribution in [0, 0.1) is 0 Å². The molecule has 144 valence electrons. The number of hydrogen-bond donors (Lipinski definition) is 0. The van der Waals surface area contributed by atoms with Crippen LogP contribution >= 0.6 is 22.7 Å². The molecular formula is C20H30O2S3Sn. The molecule has 0 bridgehead atoms. The van der Waals surface area contributed by atoms with Gasteiger partial charge in [-0.15, -0.1) is 0 Å². The van der Waals surface area contributed by atoms with E-state index in [9.17, 15) is 8.42 Å². The Labute approximate surface area is 170 Å². The average molecular weight is 517 g/mol. The molecule has 0 fully saturated rings. The minimum absolute atomic E-state index is 0.548. The summed E-state index contributed by atoms with van der Waals surface area (Å²) in [5, 5.41) is 1.92. The fourth-order valence-electron chi connectivity index (χ4n) is 4.08. The third-order valence-electron chi connectivity index (χ3n) is 5.66. The molecule has 0 saturated carbocycles. The fraction of sp³-hybridized carbons (Fsp3) is 0.600. The monoisotopic (exact) mass is 518 g/mol. The molecule has 3 heterocycles. The maximum absolute atomic E-state index is 13.0. The van der Waals surface area contributed by atoms with Crippen LogP contribution in [0.1, 0.15) is 59.3 Å². The van der Waals surface area contributed by atoms with Gasteiger partial charge in [-0.3, -0.25) is 0 Å². The van der Waals surface area contributed by atoms with Gasteiger partial charge >= 0.3 is 172 Å². The van der Waals surface area contributed by atoms with Gasteiger partial charge in [0.1, 0.15) is 0 Å². The van der Waals surface area contributed by atoms with Gasteiger partial charge in [0.25, 0.3) is 0 Å². The molecule has 1 aliphatic heterocycles. The standard InChI is InChI=1S/C8H3O2S3.3C4H9.Sn/c9-13(10)5-1-3-11-7(5)8-6(13)2-4-12-8;3*1-3-4-2;/h1-3H;3*1,3-4H2,2H3;. The van der Waals surface area contributed by atoms with Crippen molar-refractivity contribution in [3.63, 3.8) is 0 Å². The van der Waals surface area contributed by atoms with E-state index < -0.39 is 28.2 Å². The van der Waals surface area contributed by atoms with Crippen LogP contribution in [0.5, 0.6) is 0 Å². The number of sulfone groups is 1. The molecule has 2 aromatic rings. The van der Waals surface area contributed by atoms with Crippen LogP contribution in [0.15, 0.2) is 27.3 Å². The summed E-state index contributed by atoms with van der Waals surface area (Å²) in [5.41, 5.74) is 0. The Kier molecular flexibility index (Phi) is 6.95. The van der Waals surface area contributed by atoms with Crippen molar-refractivity contribution in [2.75, 3.05) is 0 Å². The zero-order valence-electron chi connectivity index (χ0n) is 16.1. The van der Waals surface area contributed by atoms with Crippen LogP contribution in [-0.4, -0.2) is 26.8 Å². The van der Waals surface area contributed by atoms with Crippen molar-refractivity contribution in [3.05, 3.63) is 17.5 Å². The van der Waals surface area contributed by atoms with Crippen LogP contribution in [-0.2, 0) is 9.84 Å². The van der Waals surface area contributed by atoms with Crippen molar-refractivity contribution in [1.82, 2.24) is 0 Å². The first kappa shape index (κ1) is 20.9. The summed E-state index contributed by atoms with van der Waals surface area (Å²) in [6.07, 6.45) is 7.66. The Balaban J connectivity index is 2.07. The van der Waals surface area contributed by atoms with E-state index in [2.05, 4.69) is 26.8 Å². The molecule has 0 spiro atoms. The van der Waals surface area contributed by atoms with Crippen molar-refractivity contribution >= 4 is 53.8 Å². The van der Waals surface area contributed by atoms with Gasteiger partial charge in [0.15, 0.2) is 0 Å². The Morgan fingerprint density at radius 3 is 2.00 bits per heavy atom. The summed E-state index contributed by atoms with van der Waals surface area (Å²) in [4.78, 5) is 3.23. The van der Waals surface area contributed by atoms with E-state index >= 15 is 0 Å². The molecule has 2 aromatic heterocycles. The first-order chi connectivity index (χ1) is 12.5. The second kappa shape index (κ2) is 8.66. The maximum atomic E-state index is 13.0. The molecule has 0 aromatic carbocycles. The molecule has 0 aliphatic carbocycles. The Morgan fingerprint density at radius 1 is 0.885 bits per heavy atom. The molecular weight excluding hydrogens is 487 g/mol. The van der Waals surface area contributed by atoms with Crippen molar-refractivity contribution in [2.24, 2.45) is 0 Å². The normalized spacial score (nSPS) is 15.2. The topological polar surface area (TPSA) is 34.1 Å². The van der Waals surface area contributed by atoms with Crippen LogP contribution in [0.4, 0.5) is 0 Å². The number of thiophene rings is 2. The first-order valence-electron chi connectivity index (χ1n) is 9.97. The molecule has 0 amide bonds. The summed E-state index contributed by atoms with van der Waals surface area (Å²) in [7, 11) is -3.27. The van der Waals surface area contributed by atoms with Gasteiger partial charge in [-0.1, -0.05) is 0 Å². The van der Waals surface area contributed by atoms with E-state index in [1.807, 2.05) is 16.7 Å². The predicted molar refractivity (Wildman–Crippen MR) is 118 cm³/mol. The number of hydrogen-bond acceptors (Lipinski definition) is 4. The minimum atomic E-state index is -3.27. The van der Waals surface area contributed by atoms with E-state index in [-0.39, 0.29) is 0 Å². The van der Waals surface area contributed by atoms with Gasteiger partial charge in [0.2, 0.25) is 0 Å². The van der Waals surface area contributed by atoms with Gasteiger partial charge in [-0.2, -0.15) is 0 Å². The Morgan fingerprint density at radius 2 is 1.46 bits per heavy atom. The van der Waals surface area contributed by atoms with Crippen molar-refractivity contribution in [2.45, 2.75) is 82.4 Å². The molecule has 26 heavy (non-hydrogen) atoms. The molecule has 6 heteroatoms. The van der Waals surface area contributed by atoms with E-state index in [1.165, 1.54) is 54.7 Å². The molecule has 0 atom stereocenters. The second-order valence-corrected chi connectivity index (χ2v) is 25.5. The van der Waals surface area contributed by atoms with Crippen LogP contribution in [0.3, 0.4) is 0 Å². The number of unbranched alkanes of at least 4 members (excludes halogenated alkanes) is 3. The number of fused-ring (bicyclic) bond motifs is 3. The molecule has 2 nitrogen and oxygen atoms in total. The molecule has 0 unspecified atom stereocenters. The SMILES string of the molecule is CCC[CH2][Sn]([CH2]CCC)([CH2]CCC)[c]1cc2c(s1)-c1sccc1S2(=O)=O. The predicted octanol–water partition coefficient (Wildman–Crippen LogP) is 6.68. The van der Waals surface area contributed by atoms with Crippen LogP contribution in [0.25, 0.3) is 9.75 Å². The van der Waals surface area contributed by atoms with Gasteiger partial charge in [-0.05, 0) is 0 Å². The van der Waals surface area contributed by atoms with E-state index in [0.717, 1.165) is 9.75 Å². The van der Waals surface area contributed by atoms with Gasteiger partial charge in [-0.25, -0.2) is 0 Å².